The maximum absolute atomic E-state index is 13.2. The molecule has 1 N–H and O–H groups in total. The van der Waals surface area contributed by atoms with Gasteiger partial charge < -0.3 is 5.32 Å². The number of sulfonamides is 1. The summed E-state index contributed by atoms with van der Waals surface area (Å²) in [6, 6.07) is 10.6. The van der Waals surface area contributed by atoms with E-state index in [1.54, 1.807) is 24.3 Å². The van der Waals surface area contributed by atoms with Gasteiger partial charge in [0.1, 0.15) is 11.4 Å². The Labute approximate surface area is 165 Å². The summed E-state index contributed by atoms with van der Waals surface area (Å²) in [4.78, 5) is 26.7. The average Bonchev–Trinajstić information content (AvgIpc) is 2.62. The van der Waals surface area contributed by atoms with Crippen molar-refractivity contribution in [2.24, 2.45) is 0 Å². The lowest BCUT2D eigenvalue weighted by Gasteiger charge is -2.36. The van der Waals surface area contributed by atoms with Crippen molar-refractivity contribution in [1.82, 2.24) is 5.32 Å². The molecule has 8 heteroatoms. The molecule has 3 amide bonds. The van der Waals surface area contributed by atoms with Gasteiger partial charge in [0.15, 0.2) is 0 Å². The van der Waals surface area contributed by atoms with Crippen LogP contribution in [0, 0.1) is 13.8 Å². The number of carbonyl (C=O) groups is 2. The third-order valence-corrected chi connectivity index (χ3v) is 6.14. The number of urea groups is 1. The largest absolute Gasteiger partial charge is 0.355 e. The summed E-state index contributed by atoms with van der Waals surface area (Å²) in [6.07, 6.45) is 0.763. The minimum absolute atomic E-state index is 0.00273. The van der Waals surface area contributed by atoms with E-state index in [-0.39, 0.29) is 28.7 Å². The quantitative estimate of drug-likeness (QED) is 0.834. The predicted octanol–water partition coefficient (Wildman–Crippen LogP) is 2.96. The van der Waals surface area contributed by atoms with E-state index in [4.69, 9.17) is 0 Å². The molecule has 0 saturated carbocycles. The van der Waals surface area contributed by atoms with Gasteiger partial charge in [-0.3, -0.25) is 9.69 Å². The predicted molar refractivity (Wildman–Crippen MR) is 108 cm³/mol. The number of fused-ring (bicyclic) bond motifs is 1. The lowest BCUT2D eigenvalue weighted by molar-refractivity contribution is -0.119. The molecule has 3 rings (SSSR count). The highest BCUT2D eigenvalue weighted by atomic mass is 32.2. The van der Waals surface area contributed by atoms with Gasteiger partial charge in [-0.05, 0) is 55.7 Å². The van der Waals surface area contributed by atoms with Crippen molar-refractivity contribution in [3.8, 4) is 0 Å². The van der Waals surface area contributed by atoms with Crippen molar-refractivity contribution in [3.63, 3.8) is 0 Å². The molecule has 0 aromatic heterocycles. The summed E-state index contributed by atoms with van der Waals surface area (Å²) in [6.45, 7) is 5.83. The number of hydrogen-bond donors (Lipinski definition) is 1. The molecule has 7 nitrogen and oxygen atoms in total. The Kier molecular flexibility index (Phi) is 5.42. The molecule has 1 aliphatic heterocycles. The van der Waals surface area contributed by atoms with E-state index < -0.39 is 16.1 Å². The summed E-state index contributed by atoms with van der Waals surface area (Å²) in [5.74, 6) is -0.343. The number of para-hydroxylation sites is 1. The van der Waals surface area contributed by atoms with Gasteiger partial charge in [0.25, 0.3) is 10.0 Å². The minimum Gasteiger partial charge on any atom is -0.355 e. The van der Waals surface area contributed by atoms with E-state index in [9.17, 15) is 18.0 Å². The molecular weight excluding hydrogens is 378 g/mol. The molecule has 2 aromatic rings. The first-order chi connectivity index (χ1) is 13.3. The number of hydrogen-bond acceptors (Lipinski definition) is 4. The fraction of sp³-hybridized carbons (Fsp3) is 0.300. The van der Waals surface area contributed by atoms with Gasteiger partial charge in [0.05, 0.1) is 11.4 Å². The Morgan fingerprint density at radius 2 is 1.71 bits per heavy atom. The molecule has 0 aliphatic carbocycles. The maximum atomic E-state index is 13.2. The van der Waals surface area contributed by atoms with Gasteiger partial charge in [-0.15, -0.1) is 0 Å². The summed E-state index contributed by atoms with van der Waals surface area (Å²) in [5.41, 5.74) is 2.14. The number of nitrogens with one attached hydrogen (secondary N) is 1. The Morgan fingerprint density at radius 3 is 2.36 bits per heavy atom. The Hall–Kier alpha value is -2.87. The molecular formula is C20H23N3O4S. The second kappa shape index (κ2) is 7.63. The fourth-order valence-corrected chi connectivity index (χ4v) is 4.82. The zero-order valence-corrected chi connectivity index (χ0v) is 16.9. The van der Waals surface area contributed by atoms with Gasteiger partial charge in [-0.1, -0.05) is 25.1 Å². The smallest absolute Gasteiger partial charge is 0.343 e. The fourth-order valence-electron chi connectivity index (χ4n) is 3.25. The monoisotopic (exact) mass is 401 g/mol. The Bertz CT molecular complexity index is 1010. The third-order valence-electron chi connectivity index (χ3n) is 4.39. The number of amides is 3. The van der Waals surface area contributed by atoms with Crippen LogP contribution in [0.4, 0.5) is 16.2 Å². The molecule has 0 fully saturated rings. The van der Waals surface area contributed by atoms with Crippen LogP contribution in [-0.2, 0) is 14.8 Å². The first-order valence-corrected chi connectivity index (χ1v) is 10.5. The maximum Gasteiger partial charge on any atom is 0.343 e. The Morgan fingerprint density at radius 1 is 1.07 bits per heavy atom. The number of aryl methyl sites for hydroxylation is 2. The molecule has 2 aromatic carbocycles. The van der Waals surface area contributed by atoms with Crippen molar-refractivity contribution in [1.29, 1.82) is 0 Å². The van der Waals surface area contributed by atoms with Crippen LogP contribution >= 0.6 is 0 Å². The summed E-state index contributed by atoms with van der Waals surface area (Å²) in [5, 5.41) is 2.72. The summed E-state index contributed by atoms with van der Waals surface area (Å²) < 4.78 is 27.2. The van der Waals surface area contributed by atoms with Crippen LogP contribution in [0.1, 0.15) is 24.5 Å². The number of rotatable bonds is 5. The van der Waals surface area contributed by atoms with Crippen molar-refractivity contribution < 1.29 is 18.0 Å². The first kappa shape index (κ1) is 19.9. The molecule has 0 unspecified atom stereocenters. The summed E-state index contributed by atoms with van der Waals surface area (Å²) in [7, 11) is -4.09. The lowest BCUT2D eigenvalue weighted by atomic mass is 10.1. The Balaban J connectivity index is 2.12. The van der Waals surface area contributed by atoms with Gasteiger partial charge in [-0.25, -0.2) is 13.2 Å². The normalized spacial score (nSPS) is 15.3. The van der Waals surface area contributed by atoms with Crippen molar-refractivity contribution >= 4 is 33.3 Å². The average molecular weight is 401 g/mol. The highest BCUT2D eigenvalue weighted by Gasteiger charge is 2.43. The van der Waals surface area contributed by atoms with E-state index in [1.807, 2.05) is 26.8 Å². The standard InChI is InChI=1S/C20H23N3O4S/c1-4-9-21-19(24)13-22-17-7-5-6-8-18(17)28(26,27)23(20(22)25)16-11-14(2)10-15(3)12-16/h5-8,10-12H,4,9,13H2,1-3H3,(H,21,24). The third kappa shape index (κ3) is 3.60. The van der Waals surface area contributed by atoms with E-state index in [1.165, 1.54) is 17.0 Å². The van der Waals surface area contributed by atoms with E-state index in [0.717, 1.165) is 21.9 Å². The molecule has 148 valence electrons. The lowest BCUT2D eigenvalue weighted by Crippen LogP contribution is -2.53. The van der Waals surface area contributed by atoms with Crippen LogP contribution in [-0.4, -0.2) is 33.4 Å². The molecule has 28 heavy (non-hydrogen) atoms. The van der Waals surface area contributed by atoms with Gasteiger partial charge in [0, 0.05) is 6.54 Å². The topological polar surface area (TPSA) is 86.8 Å². The molecule has 0 bridgehead atoms. The van der Waals surface area contributed by atoms with Crippen molar-refractivity contribution in [3.05, 3.63) is 53.6 Å². The van der Waals surface area contributed by atoms with Crippen LogP contribution < -0.4 is 14.5 Å². The van der Waals surface area contributed by atoms with Crippen LogP contribution in [0.3, 0.4) is 0 Å². The molecule has 1 aliphatic rings. The molecule has 0 atom stereocenters. The van der Waals surface area contributed by atoms with Gasteiger partial charge in [-0.2, -0.15) is 4.31 Å². The molecule has 0 saturated heterocycles. The first-order valence-electron chi connectivity index (χ1n) is 9.06. The van der Waals surface area contributed by atoms with E-state index in [2.05, 4.69) is 5.32 Å². The SMILES string of the molecule is CCCNC(=O)CN1C(=O)N(c2cc(C)cc(C)c2)S(=O)(=O)c2ccccc21. The second-order valence-corrected chi connectivity index (χ2v) is 8.56. The van der Waals surface area contributed by atoms with E-state index >= 15 is 0 Å². The number of anilines is 2. The van der Waals surface area contributed by atoms with Crippen molar-refractivity contribution in [2.45, 2.75) is 32.1 Å². The second-order valence-electron chi connectivity index (χ2n) is 6.80. The van der Waals surface area contributed by atoms with Crippen LogP contribution in [0.2, 0.25) is 0 Å². The minimum atomic E-state index is -4.09. The number of benzene rings is 2. The highest BCUT2D eigenvalue weighted by molar-refractivity contribution is 7.94. The molecule has 0 spiro atoms. The van der Waals surface area contributed by atoms with Gasteiger partial charge >= 0.3 is 6.03 Å². The number of nitrogens with zero attached hydrogens (tertiary/aromatic N) is 2. The number of carbonyl (C=O) groups excluding carboxylic acids is 2. The highest BCUT2D eigenvalue weighted by Crippen LogP contribution is 2.37. The molecule has 0 radical (unpaired) electrons. The van der Waals surface area contributed by atoms with Gasteiger partial charge in [0.2, 0.25) is 5.91 Å². The summed E-state index contributed by atoms with van der Waals surface area (Å²) >= 11 is 0. The van der Waals surface area contributed by atoms with Crippen LogP contribution in [0.5, 0.6) is 0 Å². The van der Waals surface area contributed by atoms with Crippen LogP contribution in [0.15, 0.2) is 47.4 Å². The van der Waals surface area contributed by atoms with E-state index in [0.29, 0.717) is 6.54 Å². The molecule has 1 heterocycles. The zero-order chi connectivity index (χ0) is 20.5. The van der Waals surface area contributed by atoms with Crippen LogP contribution in [0.25, 0.3) is 0 Å². The van der Waals surface area contributed by atoms with Crippen molar-refractivity contribution in [2.75, 3.05) is 22.3 Å². The zero-order valence-electron chi connectivity index (χ0n) is 16.1.